The Labute approximate surface area is 183 Å². The second-order valence-corrected chi connectivity index (χ2v) is 7.93. The van der Waals surface area contributed by atoms with Crippen LogP contribution in [0.15, 0.2) is 54.7 Å². The molecule has 0 spiro atoms. The van der Waals surface area contributed by atoms with Gasteiger partial charge in [-0.3, -0.25) is 19.3 Å². The number of nitrogens with zero attached hydrogens (tertiary/aromatic N) is 3. The third kappa shape index (κ3) is 4.46. The van der Waals surface area contributed by atoms with Crippen LogP contribution in [0.4, 0.5) is 10.5 Å². The number of anilines is 1. The summed E-state index contributed by atoms with van der Waals surface area (Å²) in [4.78, 5) is 37.3. The van der Waals surface area contributed by atoms with Crippen molar-refractivity contribution in [3.05, 3.63) is 71.5 Å². The van der Waals surface area contributed by atoms with Gasteiger partial charge in [-0.1, -0.05) is 30.0 Å². The van der Waals surface area contributed by atoms with Crippen molar-refractivity contribution < 1.29 is 19.1 Å². The molecule has 0 saturated carbocycles. The first kappa shape index (κ1) is 20.7. The van der Waals surface area contributed by atoms with Crippen LogP contribution >= 0.6 is 11.8 Å². The lowest BCUT2D eigenvalue weighted by atomic mass is 10.2. The van der Waals surface area contributed by atoms with E-state index in [2.05, 4.69) is 10.4 Å². The fourth-order valence-corrected chi connectivity index (χ4v) is 3.89. The highest BCUT2D eigenvalue weighted by Crippen LogP contribution is 2.24. The smallest absolute Gasteiger partial charge is 0.289 e. The highest BCUT2D eigenvalue weighted by atomic mass is 32.2. The van der Waals surface area contributed by atoms with Crippen LogP contribution in [0.25, 0.3) is 5.69 Å². The third-order valence-electron chi connectivity index (χ3n) is 4.80. The molecule has 1 fully saturated rings. The normalized spacial score (nSPS) is 13.5. The van der Waals surface area contributed by atoms with Crippen LogP contribution in [0.5, 0.6) is 5.75 Å². The number of ether oxygens (including phenoxy) is 1. The summed E-state index contributed by atoms with van der Waals surface area (Å²) in [7, 11) is 1.59. The molecule has 1 aliphatic rings. The van der Waals surface area contributed by atoms with E-state index in [1.807, 2.05) is 25.1 Å². The standard InChI is InChI=1S/C22H20N4O4S/c1-14-3-8-19(30-2)18(11-14)26-10-9-17(24-26)21(28)23-16-6-4-15(5-7-16)12-25-20(27)13-31-22(25)29/h3-11H,12-13H2,1-2H3,(H,23,28). The van der Waals surface area contributed by atoms with Gasteiger partial charge in [-0.2, -0.15) is 5.10 Å². The summed E-state index contributed by atoms with van der Waals surface area (Å²) >= 11 is 1.01. The number of thioether (sulfide) groups is 1. The molecule has 1 N–H and O–H groups in total. The molecule has 3 aromatic rings. The van der Waals surface area contributed by atoms with Gasteiger partial charge in [-0.05, 0) is 48.4 Å². The molecule has 0 atom stereocenters. The SMILES string of the molecule is COc1ccc(C)cc1-n1ccc(C(=O)Nc2ccc(CN3C(=O)CSC3=O)cc2)n1. The van der Waals surface area contributed by atoms with E-state index >= 15 is 0 Å². The van der Waals surface area contributed by atoms with Gasteiger partial charge in [0, 0.05) is 11.9 Å². The van der Waals surface area contributed by atoms with E-state index in [-0.39, 0.29) is 35.0 Å². The Hall–Kier alpha value is -3.59. The second kappa shape index (κ2) is 8.65. The molecule has 3 amide bonds. The zero-order valence-corrected chi connectivity index (χ0v) is 17.8. The van der Waals surface area contributed by atoms with Crippen LogP contribution in [0.2, 0.25) is 0 Å². The molecule has 2 heterocycles. The molecule has 8 nitrogen and oxygen atoms in total. The second-order valence-electron chi connectivity index (χ2n) is 7.01. The minimum absolute atomic E-state index is 0.187. The summed E-state index contributed by atoms with van der Waals surface area (Å²) in [5.74, 6) is 0.311. The minimum Gasteiger partial charge on any atom is -0.494 e. The molecular weight excluding hydrogens is 416 g/mol. The van der Waals surface area contributed by atoms with Crippen molar-refractivity contribution in [2.75, 3.05) is 18.2 Å². The van der Waals surface area contributed by atoms with Gasteiger partial charge >= 0.3 is 0 Å². The molecule has 0 radical (unpaired) electrons. The molecule has 2 aromatic carbocycles. The van der Waals surface area contributed by atoms with Crippen molar-refractivity contribution in [1.82, 2.24) is 14.7 Å². The number of benzene rings is 2. The number of hydrogen-bond acceptors (Lipinski definition) is 6. The van der Waals surface area contributed by atoms with E-state index in [1.54, 1.807) is 48.3 Å². The Bertz CT molecular complexity index is 1140. The summed E-state index contributed by atoms with van der Waals surface area (Å²) in [5, 5.41) is 6.94. The summed E-state index contributed by atoms with van der Waals surface area (Å²) < 4.78 is 6.99. The molecule has 0 bridgehead atoms. The number of nitrogens with one attached hydrogen (secondary N) is 1. The molecule has 158 valence electrons. The number of methoxy groups -OCH3 is 1. The largest absolute Gasteiger partial charge is 0.494 e. The predicted octanol–water partition coefficient (Wildman–Crippen LogP) is 3.64. The van der Waals surface area contributed by atoms with Crippen LogP contribution in [-0.2, 0) is 11.3 Å². The zero-order valence-electron chi connectivity index (χ0n) is 17.0. The van der Waals surface area contributed by atoms with Crippen molar-refractivity contribution in [2.45, 2.75) is 13.5 Å². The number of aromatic nitrogens is 2. The quantitative estimate of drug-likeness (QED) is 0.634. The predicted molar refractivity (Wildman–Crippen MR) is 118 cm³/mol. The fraction of sp³-hybridized carbons (Fsp3) is 0.182. The van der Waals surface area contributed by atoms with Gasteiger partial charge < -0.3 is 10.1 Å². The van der Waals surface area contributed by atoms with Crippen molar-refractivity contribution in [3.8, 4) is 11.4 Å². The Balaban J connectivity index is 1.44. The number of aryl methyl sites for hydroxylation is 1. The van der Waals surface area contributed by atoms with Crippen molar-refractivity contribution in [3.63, 3.8) is 0 Å². The Kier molecular flexibility index (Phi) is 5.77. The van der Waals surface area contributed by atoms with Crippen LogP contribution in [-0.4, -0.2) is 44.6 Å². The number of carbonyl (C=O) groups is 3. The van der Waals surface area contributed by atoms with Crippen LogP contribution in [0.1, 0.15) is 21.6 Å². The molecule has 1 aliphatic heterocycles. The van der Waals surface area contributed by atoms with E-state index in [0.717, 1.165) is 28.6 Å². The van der Waals surface area contributed by atoms with Gasteiger partial charge in [0.25, 0.3) is 11.1 Å². The first-order valence-electron chi connectivity index (χ1n) is 9.52. The van der Waals surface area contributed by atoms with E-state index in [0.29, 0.717) is 11.4 Å². The third-order valence-corrected chi connectivity index (χ3v) is 5.65. The van der Waals surface area contributed by atoms with Crippen molar-refractivity contribution in [1.29, 1.82) is 0 Å². The Morgan fingerprint density at radius 3 is 2.61 bits per heavy atom. The number of amides is 3. The maximum Gasteiger partial charge on any atom is 0.289 e. The maximum atomic E-state index is 12.6. The van der Waals surface area contributed by atoms with Crippen molar-refractivity contribution >= 4 is 34.5 Å². The first-order chi connectivity index (χ1) is 14.9. The van der Waals surface area contributed by atoms with Crippen LogP contribution < -0.4 is 10.1 Å². The van der Waals surface area contributed by atoms with Gasteiger partial charge in [0.05, 0.1) is 19.4 Å². The Morgan fingerprint density at radius 2 is 1.94 bits per heavy atom. The van der Waals surface area contributed by atoms with Crippen molar-refractivity contribution in [2.24, 2.45) is 0 Å². The molecular formula is C22H20N4O4S. The topological polar surface area (TPSA) is 93.5 Å². The van der Waals surface area contributed by atoms with E-state index in [9.17, 15) is 14.4 Å². The molecule has 1 saturated heterocycles. The lowest BCUT2D eigenvalue weighted by Gasteiger charge is -2.13. The lowest BCUT2D eigenvalue weighted by Crippen LogP contribution is -2.27. The molecule has 31 heavy (non-hydrogen) atoms. The van der Waals surface area contributed by atoms with E-state index in [1.165, 1.54) is 4.90 Å². The van der Waals surface area contributed by atoms with Gasteiger partial charge in [-0.25, -0.2) is 4.68 Å². The molecule has 0 aliphatic carbocycles. The van der Waals surface area contributed by atoms with E-state index in [4.69, 9.17) is 4.74 Å². The summed E-state index contributed by atoms with van der Waals surface area (Å²) in [6, 6.07) is 14.4. The van der Waals surface area contributed by atoms with Crippen LogP contribution in [0.3, 0.4) is 0 Å². The molecule has 1 aromatic heterocycles. The maximum absolute atomic E-state index is 12.6. The van der Waals surface area contributed by atoms with Gasteiger partial charge in [0.15, 0.2) is 5.69 Å². The molecule has 9 heteroatoms. The number of rotatable bonds is 6. The van der Waals surface area contributed by atoms with E-state index < -0.39 is 0 Å². The highest BCUT2D eigenvalue weighted by molar-refractivity contribution is 8.14. The summed E-state index contributed by atoms with van der Waals surface area (Å²) in [5.41, 5.74) is 3.45. The molecule has 0 unspecified atom stereocenters. The minimum atomic E-state index is -0.348. The number of hydrogen-bond donors (Lipinski definition) is 1. The monoisotopic (exact) mass is 436 g/mol. The average molecular weight is 436 g/mol. The highest BCUT2D eigenvalue weighted by Gasteiger charge is 2.29. The number of carbonyl (C=O) groups excluding carboxylic acids is 3. The fourth-order valence-electron chi connectivity index (χ4n) is 3.16. The van der Waals surface area contributed by atoms with Crippen LogP contribution in [0, 0.1) is 6.92 Å². The summed E-state index contributed by atoms with van der Waals surface area (Å²) in [6.45, 7) is 2.19. The Morgan fingerprint density at radius 1 is 1.16 bits per heavy atom. The molecule has 4 rings (SSSR count). The summed E-state index contributed by atoms with van der Waals surface area (Å²) in [6.07, 6.45) is 1.71. The average Bonchev–Trinajstić information content (AvgIpc) is 3.38. The van der Waals surface area contributed by atoms with Gasteiger partial charge in [0.2, 0.25) is 5.91 Å². The lowest BCUT2D eigenvalue weighted by molar-refractivity contribution is -0.125. The number of imide groups is 1. The van der Waals surface area contributed by atoms with Gasteiger partial charge in [-0.15, -0.1) is 0 Å². The first-order valence-corrected chi connectivity index (χ1v) is 10.5. The van der Waals surface area contributed by atoms with Gasteiger partial charge in [0.1, 0.15) is 11.4 Å². The zero-order chi connectivity index (χ0) is 22.0.